The van der Waals surface area contributed by atoms with Gasteiger partial charge in [0.05, 0.1) is 7.11 Å². The number of nitrogens with one attached hydrogen (secondary N) is 1. The smallest absolute Gasteiger partial charge is 0.253 e. The fourth-order valence-corrected chi connectivity index (χ4v) is 4.06. The van der Waals surface area contributed by atoms with Crippen LogP contribution >= 0.6 is 0 Å². The summed E-state index contributed by atoms with van der Waals surface area (Å²) in [5.74, 6) is 0.679. The molecule has 0 aromatic heterocycles. The zero-order chi connectivity index (χ0) is 20.3. The largest absolute Gasteiger partial charge is 0.497 e. The van der Waals surface area contributed by atoms with Crippen LogP contribution in [-0.4, -0.2) is 65.8 Å². The van der Waals surface area contributed by atoms with Gasteiger partial charge in [0, 0.05) is 37.2 Å². The Morgan fingerprint density at radius 1 is 1.11 bits per heavy atom. The second-order valence-electron chi connectivity index (χ2n) is 7.77. The van der Waals surface area contributed by atoms with E-state index in [1.54, 1.807) is 36.3 Å². The summed E-state index contributed by atoms with van der Waals surface area (Å²) >= 11 is 0. The van der Waals surface area contributed by atoms with Crippen LogP contribution < -0.4 is 10.1 Å². The van der Waals surface area contributed by atoms with Crippen molar-refractivity contribution in [3.8, 4) is 5.75 Å². The fraction of sp³-hybridized carbons (Fsp3) is 0.571. The van der Waals surface area contributed by atoms with Gasteiger partial charge < -0.3 is 19.9 Å². The molecule has 0 aliphatic carbocycles. The normalized spacial score (nSPS) is 20.6. The minimum Gasteiger partial charge on any atom is -0.497 e. The molecule has 0 spiro atoms. The Morgan fingerprint density at radius 2 is 1.75 bits per heavy atom. The van der Waals surface area contributed by atoms with Crippen molar-refractivity contribution in [2.24, 2.45) is 0 Å². The van der Waals surface area contributed by atoms with Gasteiger partial charge in [0.1, 0.15) is 11.8 Å². The van der Waals surface area contributed by atoms with Crippen LogP contribution in [0.4, 0.5) is 0 Å². The number of carbonyl (C=O) groups is 3. The molecule has 2 saturated heterocycles. The SMILES string of the molecule is COc1ccc(C(=O)N2CCC(N3C(=O)CCC3C(=O)NC(C)C)CC2)cc1. The Labute approximate surface area is 166 Å². The maximum atomic E-state index is 12.7. The summed E-state index contributed by atoms with van der Waals surface area (Å²) in [5, 5.41) is 2.92. The summed E-state index contributed by atoms with van der Waals surface area (Å²) < 4.78 is 5.13. The standard InChI is InChI=1S/C21H29N3O4/c1-14(2)22-20(26)18-8-9-19(25)24(18)16-10-12-23(13-11-16)21(27)15-4-6-17(28-3)7-5-15/h4-7,14,16,18H,8-13H2,1-3H3,(H,22,26). The highest BCUT2D eigenvalue weighted by Crippen LogP contribution is 2.28. The fourth-order valence-electron chi connectivity index (χ4n) is 4.06. The van der Waals surface area contributed by atoms with E-state index in [9.17, 15) is 14.4 Å². The van der Waals surface area contributed by atoms with E-state index in [4.69, 9.17) is 4.74 Å². The van der Waals surface area contributed by atoms with Gasteiger partial charge in [-0.2, -0.15) is 0 Å². The number of benzene rings is 1. The van der Waals surface area contributed by atoms with Crippen molar-refractivity contribution in [3.63, 3.8) is 0 Å². The topological polar surface area (TPSA) is 79.0 Å². The van der Waals surface area contributed by atoms with E-state index >= 15 is 0 Å². The molecule has 1 aromatic rings. The van der Waals surface area contributed by atoms with Crippen molar-refractivity contribution >= 4 is 17.7 Å². The van der Waals surface area contributed by atoms with Gasteiger partial charge in [-0.3, -0.25) is 14.4 Å². The molecule has 0 saturated carbocycles. The predicted molar refractivity (Wildman–Crippen MR) is 105 cm³/mol. The van der Waals surface area contributed by atoms with Crippen LogP contribution in [0.5, 0.6) is 5.75 Å². The van der Waals surface area contributed by atoms with Crippen LogP contribution in [0.15, 0.2) is 24.3 Å². The molecule has 28 heavy (non-hydrogen) atoms. The molecular formula is C21H29N3O4. The van der Waals surface area contributed by atoms with Crippen molar-refractivity contribution in [1.82, 2.24) is 15.1 Å². The molecule has 2 aliphatic heterocycles. The molecule has 3 rings (SSSR count). The van der Waals surface area contributed by atoms with E-state index < -0.39 is 0 Å². The summed E-state index contributed by atoms with van der Waals surface area (Å²) in [6.07, 6.45) is 2.38. The van der Waals surface area contributed by atoms with Crippen molar-refractivity contribution < 1.29 is 19.1 Å². The molecule has 3 amide bonds. The lowest BCUT2D eigenvalue weighted by Gasteiger charge is -2.39. The van der Waals surface area contributed by atoms with E-state index in [2.05, 4.69) is 5.32 Å². The second-order valence-corrected chi connectivity index (χ2v) is 7.77. The highest BCUT2D eigenvalue weighted by Gasteiger charge is 2.41. The predicted octanol–water partition coefficient (Wildman–Crippen LogP) is 1.82. The molecule has 0 radical (unpaired) electrons. The van der Waals surface area contributed by atoms with Crippen LogP contribution in [0.25, 0.3) is 0 Å². The van der Waals surface area contributed by atoms with Crippen molar-refractivity contribution in [3.05, 3.63) is 29.8 Å². The molecule has 152 valence electrons. The van der Waals surface area contributed by atoms with Crippen molar-refractivity contribution in [1.29, 1.82) is 0 Å². The summed E-state index contributed by atoms with van der Waals surface area (Å²) in [4.78, 5) is 41.2. The second kappa shape index (κ2) is 8.63. The Hall–Kier alpha value is -2.57. The highest BCUT2D eigenvalue weighted by atomic mass is 16.5. The minimum absolute atomic E-state index is 0.0112. The maximum absolute atomic E-state index is 12.7. The van der Waals surface area contributed by atoms with Crippen molar-refractivity contribution in [2.75, 3.05) is 20.2 Å². The molecule has 1 unspecified atom stereocenters. The number of methoxy groups -OCH3 is 1. The zero-order valence-electron chi connectivity index (χ0n) is 16.8. The van der Waals surface area contributed by atoms with Crippen LogP contribution in [0.2, 0.25) is 0 Å². The number of nitrogens with zero attached hydrogens (tertiary/aromatic N) is 2. The monoisotopic (exact) mass is 387 g/mol. The average Bonchev–Trinajstić information content (AvgIpc) is 3.09. The first-order valence-electron chi connectivity index (χ1n) is 9.95. The van der Waals surface area contributed by atoms with Crippen LogP contribution in [0.1, 0.15) is 49.9 Å². The van der Waals surface area contributed by atoms with Gasteiger partial charge in [-0.15, -0.1) is 0 Å². The lowest BCUT2D eigenvalue weighted by Crippen LogP contribution is -2.54. The lowest BCUT2D eigenvalue weighted by molar-refractivity contribution is -0.138. The Morgan fingerprint density at radius 3 is 2.32 bits per heavy atom. The molecule has 7 nitrogen and oxygen atoms in total. The number of carbonyl (C=O) groups excluding carboxylic acids is 3. The number of rotatable bonds is 5. The van der Waals surface area contributed by atoms with E-state index in [1.165, 1.54) is 0 Å². The Bertz CT molecular complexity index is 724. The van der Waals surface area contributed by atoms with E-state index in [0.717, 1.165) is 0 Å². The minimum atomic E-state index is -0.385. The molecule has 7 heteroatoms. The third-order valence-corrected chi connectivity index (χ3v) is 5.47. The molecule has 2 heterocycles. The maximum Gasteiger partial charge on any atom is 0.253 e. The van der Waals surface area contributed by atoms with Gasteiger partial charge in [-0.25, -0.2) is 0 Å². The summed E-state index contributed by atoms with van der Waals surface area (Å²) in [6, 6.07) is 6.77. The van der Waals surface area contributed by atoms with Gasteiger partial charge in [0.2, 0.25) is 11.8 Å². The average molecular weight is 387 g/mol. The molecule has 2 fully saturated rings. The first kappa shape index (κ1) is 20.2. The highest BCUT2D eigenvalue weighted by molar-refractivity contribution is 5.94. The number of hydrogen-bond acceptors (Lipinski definition) is 4. The molecule has 0 bridgehead atoms. The lowest BCUT2D eigenvalue weighted by atomic mass is 10.0. The number of likely N-dealkylation sites (tertiary alicyclic amines) is 2. The van der Waals surface area contributed by atoms with Crippen LogP contribution in [0, 0.1) is 0 Å². The first-order valence-corrected chi connectivity index (χ1v) is 9.95. The number of hydrogen-bond donors (Lipinski definition) is 1. The first-order chi connectivity index (χ1) is 13.4. The number of ether oxygens (including phenoxy) is 1. The zero-order valence-corrected chi connectivity index (χ0v) is 16.8. The molecular weight excluding hydrogens is 358 g/mol. The number of piperidine rings is 1. The van der Waals surface area contributed by atoms with Crippen molar-refractivity contribution in [2.45, 2.75) is 57.7 Å². The third kappa shape index (κ3) is 4.29. The third-order valence-electron chi connectivity index (χ3n) is 5.47. The molecule has 1 atom stereocenters. The molecule has 2 aliphatic rings. The quantitative estimate of drug-likeness (QED) is 0.836. The van der Waals surface area contributed by atoms with Gasteiger partial charge >= 0.3 is 0 Å². The van der Waals surface area contributed by atoms with Crippen LogP contribution in [-0.2, 0) is 9.59 Å². The van der Waals surface area contributed by atoms with E-state index in [0.29, 0.717) is 50.1 Å². The van der Waals surface area contributed by atoms with Gasteiger partial charge in [0.15, 0.2) is 0 Å². The Kier molecular flexibility index (Phi) is 6.21. The van der Waals surface area contributed by atoms with Gasteiger partial charge in [-0.1, -0.05) is 0 Å². The van der Waals surface area contributed by atoms with Gasteiger partial charge in [-0.05, 0) is 57.4 Å². The van der Waals surface area contributed by atoms with E-state index in [1.807, 2.05) is 18.7 Å². The van der Waals surface area contributed by atoms with Crippen LogP contribution in [0.3, 0.4) is 0 Å². The summed E-state index contributed by atoms with van der Waals surface area (Å²) in [5.41, 5.74) is 0.630. The van der Waals surface area contributed by atoms with E-state index in [-0.39, 0.29) is 35.8 Å². The molecule has 1 N–H and O–H groups in total. The molecule has 1 aromatic carbocycles. The van der Waals surface area contributed by atoms with Gasteiger partial charge in [0.25, 0.3) is 5.91 Å². The summed E-state index contributed by atoms with van der Waals surface area (Å²) in [6.45, 7) is 5.00. The Balaban J connectivity index is 1.61. The summed E-state index contributed by atoms with van der Waals surface area (Å²) in [7, 11) is 1.59. The number of amides is 3.